The Morgan fingerprint density at radius 3 is 1.53 bits per heavy atom. The van der Waals surface area contributed by atoms with Gasteiger partial charge in [0.2, 0.25) is 0 Å². The molecule has 5 aromatic rings. The summed E-state index contributed by atoms with van der Waals surface area (Å²) in [5.41, 5.74) is 0.443. The lowest BCUT2D eigenvalue weighted by molar-refractivity contribution is 0.0737. The van der Waals surface area contributed by atoms with Crippen LogP contribution in [0.2, 0.25) is 0 Å². The van der Waals surface area contributed by atoms with E-state index in [0.717, 1.165) is 21.5 Å². The van der Waals surface area contributed by atoms with Crippen LogP contribution in [0.5, 0.6) is 5.75 Å². The van der Waals surface area contributed by atoms with Gasteiger partial charge in [-0.1, -0.05) is 72.8 Å². The first kappa shape index (κ1) is 24.2. The third kappa shape index (κ3) is 3.98. The van der Waals surface area contributed by atoms with E-state index in [4.69, 9.17) is 4.74 Å². The first-order valence-electron chi connectivity index (χ1n) is 9.87. The fourth-order valence-electron chi connectivity index (χ4n) is 4.08. The molecule has 0 heterocycles. The van der Waals surface area contributed by atoms with Gasteiger partial charge in [0.1, 0.15) is 15.9 Å². The summed E-state index contributed by atoms with van der Waals surface area (Å²) in [7, 11) is -4.79. The normalized spacial score (nSPS) is 11.9. The first-order chi connectivity index (χ1) is 16.2. The molecule has 0 unspecified atom stereocenters. The lowest BCUT2D eigenvalue weighted by atomic mass is 10.0. The second kappa shape index (κ2) is 9.15. The minimum Gasteiger partial charge on any atom is -0.744 e. The summed E-state index contributed by atoms with van der Waals surface area (Å²) in [4.78, 5) is 13.3. The topological polar surface area (TPSA) is 83.5 Å². The van der Waals surface area contributed by atoms with Gasteiger partial charge in [0.25, 0.3) is 0 Å². The van der Waals surface area contributed by atoms with Gasteiger partial charge in [0, 0.05) is 32.3 Å². The van der Waals surface area contributed by atoms with E-state index in [9.17, 15) is 17.8 Å². The molecule has 0 amide bonds. The van der Waals surface area contributed by atoms with Crippen LogP contribution in [-0.2, 0) is 10.1 Å². The number of carbonyl (C=O) groups excluding carboxylic acids is 1. The third-order valence-electron chi connectivity index (χ3n) is 5.51. The molecule has 0 spiro atoms. The summed E-state index contributed by atoms with van der Waals surface area (Å²) < 4.78 is 45.1. The van der Waals surface area contributed by atoms with Crippen molar-refractivity contribution < 1.29 is 22.5 Å². The quantitative estimate of drug-likeness (QED) is 0.0487. The van der Waals surface area contributed by atoms with Gasteiger partial charge >= 0.3 is 5.97 Å². The highest BCUT2D eigenvalue weighted by molar-refractivity contribution is 14.1. The zero-order chi connectivity index (χ0) is 24.2. The standard InChI is InChI=1S/C25H13I3O5S/c26-20-13-7-1-2-8-14(13)21(27)22(28)19(20)25(29)33-23-15-9-3-5-11-17(15)24(34(30,31)32)18-12-6-4-10-16(18)23/h1-12H,(H,30,31,32)/p-1. The van der Waals surface area contributed by atoms with Crippen LogP contribution in [0.4, 0.5) is 0 Å². The van der Waals surface area contributed by atoms with E-state index in [-0.39, 0.29) is 21.4 Å². The van der Waals surface area contributed by atoms with Crippen LogP contribution in [0.1, 0.15) is 10.4 Å². The fraction of sp³-hybridized carbons (Fsp3) is 0. The average Bonchev–Trinajstić information content (AvgIpc) is 2.82. The highest BCUT2D eigenvalue weighted by atomic mass is 127. The van der Waals surface area contributed by atoms with Crippen LogP contribution in [0.15, 0.2) is 77.7 Å². The van der Waals surface area contributed by atoms with E-state index in [1.807, 2.05) is 24.3 Å². The summed E-state index contributed by atoms with van der Waals surface area (Å²) in [6, 6.07) is 21.0. The highest BCUT2D eigenvalue weighted by Crippen LogP contribution is 2.41. The Bertz CT molecular complexity index is 1710. The van der Waals surface area contributed by atoms with Gasteiger partial charge in [0.05, 0.1) is 10.5 Å². The van der Waals surface area contributed by atoms with Crippen molar-refractivity contribution in [3.63, 3.8) is 0 Å². The summed E-state index contributed by atoms with van der Waals surface area (Å²) in [6.07, 6.45) is 0. The Kier molecular flexibility index (Phi) is 6.50. The molecular formula is C25H12I3O5S-. The molecule has 0 radical (unpaired) electrons. The molecule has 0 saturated heterocycles. The van der Waals surface area contributed by atoms with Crippen molar-refractivity contribution in [3.05, 3.63) is 89.1 Å². The van der Waals surface area contributed by atoms with Crippen molar-refractivity contribution in [3.8, 4) is 5.75 Å². The van der Waals surface area contributed by atoms with Crippen LogP contribution in [-0.4, -0.2) is 18.9 Å². The lowest BCUT2D eigenvalue weighted by Crippen LogP contribution is -2.15. The van der Waals surface area contributed by atoms with E-state index in [2.05, 4.69) is 67.8 Å². The monoisotopic (exact) mass is 805 g/mol. The highest BCUT2D eigenvalue weighted by Gasteiger charge is 2.25. The Labute approximate surface area is 236 Å². The summed E-state index contributed by atoms with van der Waals surface area (Å²) >= 11 is 6.55. The summed E-state index contributed by atoms with van der Waals surface area (Å²) in [5, 5.41) is 3.19. The molecule has 5 nitrogen and oxygen atoms in total. The predicted molar refractivity (Wildman–Crippen MR) is 156 cm³/mol. The first-order valence-corrected chi connectivity index (χ1v) is 14.5. The van der Waals surface area contributed by atoms with Gasteiger partial charge in [-0.2, -0.15) is 0 Å². The Morgan fingerprint density at radius 1 is 0.647 bits per heavy atom. The van der Waals surface area contributed by atoms with Crippen LogP contribution < -0.4 is 4.74 Å². The van der Waals surface area contributed by atoms with Gasteiger partial charge in [-0.05, 0) is 78.5 Å². The molecule has 170 valence electrons. The predicted octanol–water partition coefficient (Wildman–Crippen LogP) is 7.08. The van der Waals surface area contributed by atoms with E-state index < -0.39 is 16.1 Å². The van der Waals surface area contributed by atoms with Gasteiger partial charge in [-0.15, -0.1) is 0 Å². The number of halogens is 3. The SMILES string of the molecule is O=C(Oc1c2ccccc2c(S(=O)(=O)[O-])c2ccccc12)c1c(I)c(I)c2ccccc2c1I. The average molecular weight is 805 g/mol. The Balaban J connectivity index is 1.79. The van der Waals surface area contributed by atoms with Crippen LogP contribution in [0.3, 0.4) is 0 Å². The molecule has 0 fully saturated rings. The number of rotatable bonds is 3. The lowest BCUT2D eigenvalue weighted by Gasteiger charge is -2.19. The van der Waals surface area contributed by atoms with E-state index in [1.165, 1.54) is 0 Å². The number of hydrogen-bond donors (Lipinski definition) is 0. The van der Waals surface area contributed by atoms with Gasteiger partial charge in [-0.3, -0.25) is 0 Å². The summed E-state index contributed by atoms with van der Waals surface area (Å²) in [5.74, 6) is -0.330. The molecule has 0 atom stereocenters. The molecule has 0 aromatic heterocycles. The fourth-order valence-corrected chi connectivity index (χ4v) is 7.97. The van der Waals surface area contributed by atoms with Gasteiger partial charge in [0.15, 0.2) is 0 Å². The van der Waals surface area contributed by atoms with E-state index in [1.54, 1.807) is 48.5 Å². The molecule has 0 aliphatic rings. The molecule has 0 bridgehead atoms. The Hall–Kier alpha value is -1.55. The summed E-state index contributed by atoms with van der Waals surface area (Å²) in [6.45, 7) is 0. The van der Waals surface area contributed by atoms with Crippen LogP contribution in [0.25, 0.3) is 32.3 Å². The smallest absolute Gasteiger partial charge is 0.345 e. The zero-order valence-corrected chi connectivity index (χ0v) is 24.3. The van der Waals surface area contributed by atoms with Crippen molar-refractivity contribution in [2.24, 2.45) is 0 Å². The second-order valence-corrected chi connectivity index (χ2v) is 12.0. The number of hydrogen-bond acceptors (Lipinski definition) is 5. The zero-order valence-electron chi connectivity index (χ0n) is 17.0. The number of esters is 1. The maximum absolute atomic E-state index is 13.6. The largest absolute Gasteiger partial charge is 0.744 e. The van der Waals surface area contributed by atoms with Crippen molar-refractivity contribution in [2.45, 2.75) is 4.90 Å². The van der Waals surface area contributed by atoms with Crippen LogP contribution in [0, 0.1) is 10.7 Å². The number of carbonyl (C=O) groups is 1. The van der Waals surface area contributed by atoms with Crippen molar-refractivity contribution in [2.75, 3.05) is 0 Å². The number of benzene rings is 5. The van der Waals surface area contributed by atoms with Crippen molar-refractivity contribution >= 4 is 116 Å². The van der Waals surface area contributed by atoms with E-state index >= 15 is 0 Å². The van der Waals surface area contributed by atoms with Crippen molar-refractivity contribution in [1.29, 1.82) is 0 Å². The molecule has 9 heteroatoms. The maximum atomic E-state index is 13.6. The number of fused-ring (bicyclic) bond motifs is 3. The maximum Gasteiger partial charge on any atom is 0.345 e. The molecule has 34 heavy (non-hydrogen) atoms. The molecule has 0 saturated carbocycles. The third-order valence-corrected chi connectivity index (χ3v) is 10.8. The van der Waals surface area contributed by atoms with E-state index in [0.29, 0.717) is 16.3 Å². The molecule has 5 aromatic carbocycles. The van der Waals surface area contributed by atoms with Gasteiger partial charge in [-0.25, -0.2) is 13.2 Å². The molecule has 0 N–H and O–H groups in total. The molecule has 5 rings (SSSR count). The molecule has 0 aliphatic heterocycles. The van der Waals surface area contributed by atoms with Crippen molar-refractivity contribution in [1.82, 2.24) is 0 Å². The Morgan fingerprint density at radius 2 is 1.06 bits per heavy atom. The molecule has 0 aliphatic carbocycles. The van der Waals surface area contributed by atoms with Gasteiger partial charge < -0.3 is 9.29 Å². The van der Waals surface area contributed by atoms with Crippen LogP contribution >= 0.6 is 67.8 Å². The minimum absolute atomic E-state index is 0.219. The minimum atomic E-state index is -4.79. The number of ether oxygens (including phenoxy) is 1. The second-order valence-electron chi connectivity index (χ2n) is 7.46. The molecular weight excluding hydrogens is 793 g/mol.